The van der Waals surface area contributed by atoms with Crippen LogP contribution in [0.3, 0.4) is 0 Å². The number of amides is 2. The van der Waals surface area contributed by atoms with Crippen LogP contribution in [0.15, 0.2) is 24.3 Å². The molecule has 1 atom stereocenters. The molecule has 2 aliphatic rings. The lowest BCUT2D eigenvalue weighted by Crippen LogP contribution is -2.48. The lowest BCUT2D eigenvalue weighted by molar-refractivity contribution is -0.127. The van der Waals surface area contributed by atoms with E-state index in [1.54, 1.807) is 36.3 Å². The Morgan fingerprint density at radius 3 is 2.58 bits per heavy atom. The number of aliphatic hydroxyl groups is 1. The van der Waals surface area contributed by atoms with E-state index in [0.29, 0.717) is 44.5 Å². The molecule has 142 valence electrons. The van der Waals surface area contributed by atoms with Crippen LogP contribution in [0.5, 0.6) is 5.75 Å². The summed E-state index contributed by atoms with van der Waals surface area (Å²) < 4.78 is 5.11. The highest BCUT2D eigenvalue weighted by Gasteiger charge is 2.33. The van der Waals surface area contributed by atoms with Crippen molar-refractivity contribution in [3.63, 3.8) is 0 Å². The molecule has 0 unspecified atom stereocenters. The van der Waals surface area contributed by atoms with Crippen molar-refractivity contribution >= 4 is 11.8 Å². The Morgan fingerprint density at radius 2 is 2.00 bits per heavy atom. The molecule has 0 spiro atoms. The topological polar surface area (TPSA) is 90.9 Å². The van der Waals surface area contributed by atoms with E-state index in [-0.39, 0.29) is 24.3 Å². The molecule has 0 radical (unpaired) electrons. The SMILES string of the molecule is COc1ccc(C(=O)N2CCC(C(=O)NC[C@@]3(O)CCNC3)CC2)cc1. The summed E-state index contributed by atoms with van der Waals surface area (Å²) in [6.45, 7) is 2.70. The van der Waals surface area contributed by atoms with Gasteiger partial charge in [-0.2, -0.15) is 0 Å². The zero-order chi connectivity index (χ0) is 18.6. The molecule has 0 saturated carbocycles. The number of nitrogens with zero attached hydrogens (tertiary/aromatic N) is 1. The largest absolute Gasteiger partial charge is 0.497 e. The van der Waals surface area contributed by atoms with Crippen LogP contribution < -0.4 is 15.4 Å². The number of rotatable bonds is 5. The van der Waals surface area contributed by atoms with Gasteiger partial charge in [-0.15, -0.1) is 0 Å². The molecule has 7 nitrogen and oxygen atoms in total. The van der Waals surface area contributed by atoms with Crippen LogP contribution in [0.1, 0.15) is 29.6 Å². The van der Waals surface area contributed by atoms with Crippen LogP contribution in [0.4, 0.5) is 0 Å². The summed E-state index contributed by atoms with van der Waals surface area (Å²) in [5.41, 5.74) is -0.203. The fourth-order valence-electron chi connectivity index (χ4n) is 3.54. The first-order chi connectivity index (χ1) is 12.5. The van der Waals surface area contributed by atoms with Crippen molar-refractivity contribution in [1.29, 1.82) is 0 Å². The maximum Gasteiger partial charge on any atom is 0.253 e. The predicted molar refractivity (Wildman–Crippen MR) is 97.1 cm³/mol. The van der Waals surface area contributed by atoms with E-state index in [2.05, 4.69) is 10.6 Å². The van der Waals surface area contributed by atoms with E-state index in [9.17, 15) is 14.7 Å². The van der Waals surface area contributed by atoms with Crippen LogP contribution in [0.2, 0.25) is 0 Å². The Labute approximate surface area is 153 Å². The number of hydrogen-bond acceptors (Lipinski definition) is 5. The Hall–Kier alpha value is -2.12. The average Bonchev–Trinajstić information content (AvgIpc) is 3.12. The molecular weight excluding hydrogens is 334 g/mol. The van der Waals surface area contributed by atoms with Gasteiger partial charge in [0.2, 0.25) is 5.91 Å². The number of piperidine rings is 1. The van der Waals surface area contributed by atoms with Gasteiger partial charge in [0.05, 0.1) is 12.7 Å². The first-order valence-electron chi connectivity index (χ1n) is 9.15. The van der Waals surface area contributed by atoms with E-state index in [1.165, 1.54) is 0 Å². The molecule has 2 fully saturated rings. The minimum atomic E-state index is -0.833. The molecule has 2 amide bonds. The van der Waals surface area contributed by atoms with E-state index in [0.717, 1.165) is 12.3 Å². The van der Waals surface area contributed by atoms with Crippen molar-refractivity contribution in [2.75, 3.05) is 39.8 Å². The number of ether oxygens (including phenoxy) is 1. The highest BCUT2D eigenvalue weighted by atomic mass is 16.5. The minimum absolute atomic E-state index is 0.0159. The summed E-state index contributed by atoms with van der Waals surface area (Å²) in [5, 5.41) is 16.3. The molecule has 0 bridgehead atoms. The number of β-amino-alcohol motifs (C(OH)–C–C–N with tert-alkyl or cyclic N) is 1. The first kappa shape index (κ1) is 18.7. The van der Waals surface area contributed by atoms with Crippen LogP contribution in [-0.2, 0) is 4.79 Å². The summed E-state index contributed by atoms with van der Waals surface area (Å²) in [7, 11) is 1.59. The van der Waals surface area contributed by atoms with Gasteiger partial charge in [0.15, 0.2) is 0 Å². The monoisotopic (exact) mass is 361 g/mol. The van der Waals surface area contributed by atoms with E-state index >= 15 is 0 Å². The molecule has 7 heteroatoms. The zero-order valence-corrected chi connectivity index (χ0v) is 15.2. The van der Waals surface area contributed by atoms with E-state index in [4.69, 9.17) is 4.74 Å². The quantitative estimate of drug-likeness (QED) is 0.706. The third-order valence-corrected chi connectivity index (χ3v) is 5.30. The maximum atomic E-state index is 12.6. The van der Waals surface area contributed by atoms with Gasteiger partial charge < -0.3 is 25.4 Å². The summed E-state index contributed by atoms with van der Waals surface area (Å²) in [4.78, 5) is 26.7. The molecule has 0 aliphatic carbocycles. The van der Waals surface area contributed by atoms with Crippen LogP contribution in [0.25, 0.3) is 0 Å². The van der Waals surface area contributed by atoms with Crippen molar-refractivity contribution in [1.82, 2.24) is 15.5 Å². The fourth-order valence-corrected chi connectivity index (χ4v) is 3.54. The summed E-state index contributed by atoms with van der Waals surface area (Å²) in [5.74, 6) is 0.573. The number of methoxy groups -OCH3 is 1. The van der Waals surface area contributed by atoms with Crippen LogP contribution in [-0.4, -0.2) is 67.3 Å². The molecule has 26 heavy (non-hydrogen) atoms. The first-order valence-corrected chi connectivity index (χ1v) is 9.15. The Balaban J connectivity index is 1.47. The summed E-state index contributed by atoms with van der Waals surface area (Å²) >= 11 is 0. The van der Waals surface area contributed by atoms with E-state index < -0.39 is 5.60 Å². The molecule has 2 saturated heterocycles. The number of hydrogen-bond donors (Lipinski definition) is 3. The van der Waals surface area contributed by atoms with Gasteiger partial charge in [-0.25, -0.2) is 0 Å². The molecule has 1 aromatic carbocycles. The lowest BCUT2D eigenvalue weighted by atomic mass is 9.94. The number of benzene rings is 1. The zero-order valence-electron chi connectivity index (χ0n) is 15.2. The van der Waals surface area contributed by atoms with Gasteiger partial charge >= 0.3 is 0 Å². The van der Waals surface area contributed by atoms with Crippen molar-refractivity contribution in [2.24, 2.45) is 5.92 Å². The smallest absolute Gasteiger partial charge is 0.253 e. The van der Waals surface area contributed by atoms with Crippen LogP contribution >= 0.6 is 0 Å². The molecule has 2 aliphatic heterocycles. The Bertz CT molecular complexity index is 633. The van der Waals surface area contributed by atoms with E-state index in [1.807, 2.05) is 0 Å². The Morgan fingerprint density at radius 1 is 1.31 bits per heavy atom. The standard InChI is InChI=1S/C19H27N3O4/c1-26-16-4-2-15(3-5-16)18(24)22-10-6-14(7-11-22)17(23)21-13-19(25)8-9-20-12-19/h2-5,14,20,25H,6-13H2,1H3,(H,21,23)/t19-/m1/s1. The lowest BCUT2D eigenvalue weighted by Gasteiger charge is -2.32. The molecular formula is C19H27N3O4. The second kappa shape index (κ2) is 8.05. The van der Waals surface area contributed by atoms with Gasteiger partial charge in [0, 0.05) is 37.7 Å². The molecule has 2 heterocycles. The van der Waals surface area contributed by atoms with Crippen molar-refractivity contribution < 1.29 is 19.4 Å². The van der Waals surface area contributed by atoms with Gasteiger partial charge in [-0.3, -0.25) is 9.59 Å². The summed E-state index contributed by atoms with van der Waals surface area (Å²) in [6.07, 6.45) is 1.94. The molecule has 3 rings (SSSR count). The number of likely N-dealkylation sites (tertiary alicyclic amines) is 1. The molecule has 1 aromatic rings. The third-order valence-electron chi connectivity index (χ3n) is 5.30. The third kappa shape index (κ3) is 4.34. The van der Waals surface area contributed by atoms with Gasteiger partial charge in [-0.05, 0) is 50.1 Å². The highest BCUT2D eigenvalue weighted by molar-refractivity contribution is 5.94. The van der Waals surface area contributed by atoms with Gasteiger partial charge in [0.1, 0.15) is 5.75 Å². The molecule has 0 aromatic heterocycles. The van der Waals surface area contributed by atoms with Crippen molar-refractivity contribution in [3.8, 4) is 5.75 Å². The molecule has 3 N–H and O–H groups in total. The summed E-state index contributed by atoms with van der Waals surface area (Å²) in [6, 6.07) is 7.07. The van der Waals surface area contributed by atoms with Crippen molar-refractivity contribution in [3.05, 3.63) is 29.8 Å². The normalized spacial score (nSPS) is 23.7. The highest BCUT2D eigenvalue weighted by Crippen LogP contribution is 2.21. The Kier molecular flexibility index (Phi) is 5.78. The minimum Gasteiger partial charge on any atom is -0.497 e. The number of nitrogens with one attached hydrogen (secondary N) is 2. The fraction of sp³-hybridized carbons (Fsp3) is 0.579. The predicted octanol–water partition coefficient (Wildman–Crippen LogP) is 0.388. The number of carbonyl (C=O) groups excluding carboxylic acids is 2. The second-order valence-electron chi connectivity index (χ2n) is 7.16. The van der Waals surface area contributed by atoms with Crippen molar-refractivity contribution in [2.45, 2.75) is 24.9 Å². The second-order valence-corrected chi connectivity index (χ2v) is 7.16. The maximum absolute atomic E-state index is 12.6. The van der Waals surface area contributed by atoms with Gasteiger partial charge in [-0.1, -0.05) is 0 Å². The van der Waals surface area contributed by atoms with Crippen LogP contribution in [0, 0.1) is 5.92 Å². The number of carbonyl (C=O) groups is 2. The average molecular weight is 361 g/mol. The van der Waals surface area contributed by atoms with Gasteiger partial charge in [0.25, 0.3) is 5.91 Å².